The number of urea groups is 1. The summed E-state index contributed by atoms with van der Waals surface area (Å²) in [6.07, 6.45) is 1.71. The molecule has 20 heavy (non-hydrogen) atoms. The number of nitrogens with one attached hydrogen (secondary N) is 1. The molecule has 0 aliphatic carbocycles. The Morgan fingerprint density at radius 1 is 1.40 bits per heavy atom. The molecular weight excluding hydrogens is 260 g/mol. The van der Waals surface area contributed by atoms with E-state index in [4.69, 9.17) is 5.11 Å². The minimum Gasteiger partial charge on any atom is -0.478 e. The minimum atomic E-state index is -0.988. The molecule has 108 valence electrons. The molecule has 6 nitrogen and oxygen atoms in total. The van der Waals surface area contributed by atoms with Crippen molar-refractivity contribution in [3.63, 3.8) is 0 Å². The first-order chi connectivity index (χ1) is 9.61. The number of amides is 2. The predicted molar refractivity (Wildman–Crippen MR) is 72.5 cm³/mol. The highest BCUT2D eigenvalue weighted by Crippen LogP contribution is 2.16. The second-order valence-corrected chi connectivity index (χ2v) is 4.84. The molecule has 1 aromatic rings. The topological polar surface area (TPSA) is 89.9 Å². The van der Waals surface area contributed by atoms with Gasteiger partial charge in [0.05, 0.1) is 18.2 Å². The monoisotopic (exact) mass is 278 g/mol. The maximum Gasteiger partial charge on any atom is 0.335 e. The van der Waals surface area contributed by atoms with Crippen molar-refractivity contribution in [2.75, 3.05) is 13.2 Å². The Kier molecular flexibility index (Phi) is 4.57. The van der Waals surface area contributed by atoms with Crippen LogP contribution in [0.1, 0.15) is 28.8 Å². The molecule has 6 heteroatoms. The van der Waals surface area contributed by atoms with E-state index in [0.717, 1.165) is 18.4 Å². The number of carbonyl (C=O) groups is 2. The van der Waals surface area contributed by atoms with Gasteiger partial charge in [0.1, 0.15) is 0 Å². The molecule has 3 N–H and O–H groups in total. The summed E-state index contributed by atoms with van der Waals surface area (Å²) in [4.78, 5) is 24.5. The molecule has 1 saturated heterocycles. The van der Waals surface area contributed by atoms with Gasteiger partial charge in [0.25, 0.3) is 0 Å². The number of rotatable bonds is 4. The van der Waals surface area contributed by atoms with E-state index in [-0.39, 0.29) is 30.8 Å². The molecule has 1 fully saturated rings. The Balaban J connectivity index is 1.93. The minimum absolute atomic E-state index is 0.0259. The largest absolute Gasteiger partial charge is 0.478 e. The first-order valence-corrected chi connectivity index (χ1v) is 6.59. The van der Waals surface area contributed by atoms with Gasteiger partial charge in [-0.05, 0) is 30.5 Å². The number of benzene rings is 1. The van der Waals surface area contributed by atoms with E-state index in [9.17, 15) is 14.7 Å². The van der Waals surface area contributed by atoms with Crippen molar-refractivity contribution < 1.29 is 19.8 Å². The van der Waals surface area contributed by atoms with Crippen molar-refractivity contribution in [2.24, 2.45) is 0 Å². The van der Waals surface area contributed by atoms with Crippen LogP contribution in [0, 0.1) is 0 Å². The Morgan fingerprint density at radius 3 is 2.90 bits per heavy atom. The lowest BCUT2D eigenvalue weighted by Gasteiger charge is -2.23. The van der Waals surface area contributed by atoms with E-state index >= 15 is 0 Å². The zero-order valence-electron chi connectivity index (χ0n) is 11.1. The average molecular weight is 278 g/mol. The van der Waals surface area contributed by atoms with Crippen molar-refractivity contribution in [1.29, 1.82) is 0 Å². The number of hydrogen-bond acceptors (Lipinski definition) is 3. The first-order valence-electron chi connectivity index (χ1n) is 6.59. The first kappa shape index (κ1) is 14.3. The smallest absolute Gasteiger partial charge is 0.335 e. The molecule has 2 rings (SSSR count). The number of aliphatic hydroxyl groups excluding tert-OH is 1. The van der Waals surface area contributed by atoms with E-state index in [2.05, 4.69) is 5.32 Å². The lowest BCUT2D eigenvalue weighted by molar-refractivity contribution is 0.0696. The van der Waals surface area contributed by atoms with Gasteiger partial charge in [0, 0.05) is 13.1 Å². The summed E-state index contributed by atoms with van der Waals surface area (Å²) in [5.74, 6) is -0.988. The number of likely N-dealkylation sites (tertiary alicyclic amines) is 1. The second-order valence-electron chi connectivity index (χ2n) is 4.84. The standard InChI is InChI=1S/C14H18N2O4/c17-9-12-5-2-6-16(12)14(20)15-8-10-3-1-4-11(7-10)13(18)19/h1,3-4,7,12,17H,2,5-6,8-9H2,(H,15,20)(H,18,19). The second kappa shape index (κ2) is 6.38. The molecular formula is C14H18N2O4. The molecule has 0 bridgehead atoms. The molecule has 1 atom stereocenters. The van der Waals surface area contributed by atoms with Crippen LogP contribution in [0.3, 0.4) is 0 Å². The maximum atomic E-state index is 12.0. The van der Waals surface area contributed by atoms with Crippen LogP contribution < -0.4 is 5.32 Å². The molecule has 1 heterocycles. The number of carbonyl (C=O) groups excluding carboxylic acids is 1. The van der Waals surface area contributed by atoms with Gasteiger partial charge in [-0.1, -0.05) is 12.1 Å². The van der Waals surface area contributed by atoms with Gasteiger partial charge in [-0.2, -0.15) is 0 Å². The number of carboxylic acid groups (broad SMARTS) is 1. The fraction of sp³-hybridized carbons (Fsp3) is 0.429. The highest BCUT2D eigenvalue weighted by atomic mass is 16.4. The molecule has 2 amide bonds. The third-order valence-corrected chi connectivity index (χ3v) is 3.47. The van der Waals surface area contributed by atoms with Crippen molar-refractivity contribution in [2.45, 2.75) is 25.4 Å². The van der Waals surface area contributed by atoms with E-state index in [0.29, 0.717) is 6.54 Å². The Bertz CT molecular complexity index is 504. The number of aliphatic hydroxyl groups is 1. The van der Waals surface area contributed by atoms with Crippen molar-refractivity contribution in [1.82, 2.24) is 10.2 Å². The van der Waals surface area contributed by atoms with Gasteiger partial charge in [-0.3, -0.25) is 0 Å². The molecule has 0 aromatic heterocycles. The Morgan fingerprint density at radius 2 is 2.20 bits per heavy atom. The highest BCUT2D eigenvalue weighted by molar-refractivity contribution is 5.87. The normalized spacial score (nSPS) is 18.1. The Labute approximate surface area is 117 Å². The van der Waals surface area contributed by atoms with Crippen LogP contribution in [0.5, 0.6) is 0 Å². The van der Waals surface area contributed by atoms with Crippen LogP contribution in [-0.4, -0.2) is 46.3 Å². The number of aromatic carboxylic acids is 1. The number of carboxylic acids is 1. The van der Waals surface area contributed by atoms with Crippen molar-refractivity contribution in [3.8, 4) is 0 Å². The fourth-order valence-electron chi connectivity index (χ4n) is 2.39. The zero-order chi connectivity index (χ0) is 14.5. The van der Waals surface area contributed by atoms with Gasteiger partial charge in [0.2, 0.25) is 0 Å². The van der Waals surface area contributed by atoms with Crippen LogP contribution in [0.2, 0.25) is 0 Å². The van der Waals surface area contributed by atoms with Crippen molar-refractivity contribution >= 4 is 12.0 Å². The molecule has 1 aliphatic heterocycles. The SMILES string of the molecule is O=C(O)c1cccc(CNC(=O)N2CCCC2CO)c1. The molecule has 1 aliphatic rings. The van der Waals surface area contributed by atoms with Gasteiger partial charge in [-0.15, -0.1) is 0 Å². The summed E-state index contributed by atoms with van der Waals surface area (Å²) in [5, 5.41) is 20.8. The lowest BCUT2D eigenvalue weighted by atomic mass is 10.1. The van der Waals surface area contributed by atoms with E-state index in [1.165, 1.54) is 12.1 Å². The summed E-state index contributed by atoms with van der Waals surface area (Å²) in [5.41, 5.74) is 0.934. The van der Waals surface area contributed by atoms with Crippen LogP contribution >= 0.6 is 0 Å². The maximum absolute atomic E-state index is 12.0. The number of hydrogen-bond donors (Lipinski definition) is 3. The average Bonchev–Trinajstić information content (AvgIpc) is 2.93. The van der Waals surface area contributed by atoms with Gasteiger partial charge in [-0.25, -0.2) is 9.59 Å². The van der Waals surface area contributed by atoms with Crippen LogP contribution in [-0.2, 0) is 6.54 Å². The van der Waals surface area contributed by atoms with Crippen LogP contribution in [0.25, 0.3) is 0 Å². The molecule has 1 aromatic carbocycles. The van der Waals surface area contributed by atoms with Gasteiger partial charge >= 0.3 is 12.0 Å². The highest BCUT2D eigenvalue weighted by Gasteiger charge is 2.27. The van der Waals surface area contributed by atoms with E-state index in [1.807, 2.05) is 0 Å². The van der Waals surface area contributed by atoms with Gasteiger partial charge < -0.3 is 20.4 Å². The summed E-state index contributed by atoms with van der Waals surface area (Å²) < 4.78 is 0. The third kappa shape index (κ3) is 3.27. The van der Waals surface area contributed by atoms with Gasteiger partial charge in [0.15, 0.2) is 0 Å². The molecule has 0 spiro atoms. The van der Waals surface area contributed by atoms with Crippen molar-refractivity contribution in [3.05, 3.63) is 35.4 Å². The quantitative estimate of drug-likeness (QED) is 0.768. The fourth-order valence-corrected chi connectivity index (χ4v) is 2.39. The van der Waals surface area contributed by atoms with Crippen LogP contribution in [0.15, 0.2) is 24.3 Å². The summed E-state index contributed by atoms with van der Waals surface area (Å²) >= 11 is 0. The summed E-state index contributed by atoms with van der Waals surface area (Å²) in [6, 6.07) is 6.13. The third-order valence-electron chi connectivity index (χ3n) is 3.47. The van der Waals surface area contributed by atoms with E-state index in [1.54, 1.807) is 17.0 Å². The predicted octanol–water partition coefficient (Wildman–Crippen LogP) is 1.05. The van der Waals surface area contributed by atoms with Crippen LogP contribution in [0.4, 0.5) is 4.79 Å². The lowest BCUT2D eigenvalue weighted by Crippen LogP contribution is -2.43. The van der Waals surface area contributed by atoms with E-state index < -0.39 is 5.97 Å². The number of nitrogens with zero attached hydrogens (tertiary/aromatic N) is 1. The molecule has 1 unspecified atom stereocenters. The summed E-state index contributed by atoms with van der Waals surface area (Å²) in [7, 11) is 0. The zero-order valence-corrected chi connectivity index (χ0v) is 11.1. The molecule has 0 saturated carbocycles. The molecule has 0 radical (unpaired) electrons. The summed E-state index contributed by atoms with van der Waals surface area (Å²) in [6.45, 7) is 0.892. The Hall–Kier alpha value is -2.08.